The van der Waals surface area contributed by atoms with E-state index in [0.717, 1.165) is 47.9 Å². The highest BCUT2D eigenvalue weighted by Crippen LogP contribution is 2.33. The van der Waals surface area contributed by atoms with Gasteiger partial charge in [-0.15, -0.1) is 0 Å². The zero-order chi connectivity index (χ0) is 19.7. The molecule has 6 nitrogen and oxygen atoms in total. The van der Waals surface area contributed by atoms with E-state index in [1.807, 2.05) is 12.3 Å². The molecule has 0 atom stereocenters. The van der Waals surface area contributed by atoms with Crippen LogP contribution in [0.3, 0.4) is 0 Å². The van der Waals surface area contributed by atoms with Crippen LogP contribution in [0.2, 0.25) is 25.7 Å². The molecule has 1 aliphatic rings. The Labute approximate surface area is 166 Å². The van der Waals surface area contributed by atoms with E-state index < -0.39 is 8.07 Å². The molecule has 0 unspecified atom stereocenters. The van der Waals surface area contributed by atoms with E-state index in [2.05, 4.69) is 39.2 Å². The van der Waals surface area contributed by atoms with Gasteiger partial charge in [0.1, 0.15) is 18.1 Å². The number of rotatable bonds is 6. The van der Waals surface area contributed by atoms with Crippen LogP contribution in [0.1, 0.15) is 44.0 Å². The van der Waals surface area contributed by atoms with Crippen LogP contribution in [0, 0.1) is 0 Å². The SMILES string of the molecule is C[Si](C)(C)CCOCc1nc(=O)c2cnc3[nH]ccc3c2n1C1CCCCC1. The molecular weight excluding hydrogens is 368 g/mol. The molecule has 3 aromatic heterocycles. The van der Waals surface area contributed by atoms with Gasteiger partial charge in [0.2, 0.25) is 0 Å². The largest absolute Gasteiger partial charge is 0.374 e. The molecular formula is C21H30N4O2Si. The third-order valence-corrected chi connectivity index (χ3v) is 7.41. The standard InChI is InChI=1S/C21H30N4O2Si/c1-28(2,3)12-11-27-14-18-24-21(26)17-13-23-20-16(9-10-22-20)19(17)25(18)15-7-5-4-6-8-15/h9-10,13,15H,4-8,11-12,14H2,1-3H3,(H,22,23). The average Bonchev–Trinajstić information content (AvgIpc) is 3.14. The molecule has 0 bridgehead atoms. The van der Waals surface area contributed by atoms with Crippen molar-refractivity contribution in [1.29, 1.82) is 0 Å². The molecule has 3 aromatic rings. The maximum absolute atomic E-state index is 12.8. The highest BCUT2D eigenvalue weighted by molar-refractivity contribution is 6.76. The van der Waals surface area contributed by atoms with Gasteiger partial charge in [0.15, 0.2) is 0 Å². The predicted molar refractivity (Wildman–Crippen MR) is 116 cm³/mol. The van der Waals surface area contributed by atoms with Gasteiger partial charge in [-0.1, -0.05) is 38.9 Å². The zero-order valence-corrected chi connectivity index (χ0v) is 18.1. The fraction of sp³-hybridized carbons (Fsp3) is 0.571. The van der Waals surface area contributed by atoms with Crippen molar-refractivity contribution in [3.8, 4) is 0 Å². The second kappa shape index (κ2) is 7.79. The molecule has 150 valence electrons. The number of aromatic amines is 1. The summed E-state index contributed by atoms with van der Waals surface area (Å²) in [5, 5.41) is 1.59. The minimum atomic E-state index is -1.15. The molecule has 0 amide bonds. The van der Waals surface area contributed by atoms with Crippen LogP contribution in [-0.2, 0) is 11.3 Å². The first-order valence-corrected chi connectivity index (χ1v) is 14.1. The van der Waals surface area contributed by atoms with E-state index in [-0.39, 0.29) is 5.56 Å². The zero-order valence-electron chi connectivity index (χ0n) is 17.1. The van der Waals surface area contributed by atoms with Gasteiger partial charge in [0.05, 0.1) is 10.9 Å². The number of nitrogens with one attached hydrogen (secondary N) is 1. The maximum atomic E-state index is 12.8. The average molecular weight is 399 g/mol. The van der Waals surface area contributed by atoms with Crippen molar-refractivity contribution in [3.63, 3.8) is 0 Å². The molecule has 4 rings (SSSR count). The predicted octanol–water partition coefficient (Wildman–Crippen LogP) is 4.63. The van der Waals surface area contributed by atoms with Gasteiger partial charge in [-0.3, -0.25) is 4.79 Å². The molecule has 1 N–H and O–H groups in total. The molecule has 0 spiro atoms. The summed E-state index contributed by atoms with van der Waals surface area (Å²) in [7, 11) is -1.15. The summed E-state index contributed by atoms with van der Waals surface area (Å²) in [6, 6.07) is 3.49. The number of hydrogen-bond acceptors (Lipinski definition) is 4. The normalized spacial score (nSPS) is 16.2. The van der Waals surface area contributed by atoms with Gasteiger partial charge < -0.3 is 14.3 Å². The molecule has 3 heterocycles. The van der Waals surface area contributed by atoms with Crippen molar-refractivity contribution in [3.05, 3.63) is 34.6 Å². The van der Waals surface area contributed by atoms with Gasteiger partial charge in [-0.25, -0.2) is 4.98 Å². The van der Waals surface area contributed by atoms with Crippen molar-refractivity contribution in [2.75, 3.05) is 6.61 Å². The lowest BCUT2D eigenvalue weighted by Crippen LogP contribution is -2.26. The topological polar surface area (TPSA) is 72.8 Å². The van der Waals surface area contributed by atoms with Gasteiger partial charge in [-0.05, 0) is 25.0 Å². The molecule has 7 heteroatoms. The maximum Gasteiger partial charge on any atom is 0.282 e. The first-order valence-electron chi connectivity index (χ1n) is 10.4. The monoisotopic (exact) mass is 398 g/mol. The second-order valence-corrected chi connectivity index (χ2v) is 14.7. The summed E-state index contributed by atoms with van der Waals surface area (Å²) in [4.78, 5) is 24.8. The van der Waals surface area contributed by atoms with Crippen molar-refractivity contribution in [2.45, 2.75) is 70.4 Å². The first-order chi connectivity index (χ1) is 13.4. The number of fused-ring (bicyclic) bond motifs is 3. The molecule has 28 heavy (non-hydrogen) atoms. The minimum absolute atomic E-state index is 0.207. The highest BCUT2D eigenvalue weighted by atomic mass is 28.3. The Bertz CT molecular complexity index is 1030. The number of hydrogen-bond donors (Lipinski definition) is 1. The van der Waals surface area contributed by atoms with Crippen molar-refractivity contribution in [2.24, 2.45) is 0 Å². The van der Waals surface area contributed by atoms with E-state index in [1.165, 1.54) is 19.3 Å². The quantitative estimate of drug-likeness (QED) is 0.485. The summed E-state index contributed by atoms with van der Waals surface area (Å²) >= 11 is 0. The number of aromatic nitrogens is 4. The number of H-pyrrole nitrogens is 1. The minimum Gasteiger partial charge on any atom is -0.374 e. The molecule has 0 aliphatic heterocycles. The number of nitrogens with zero attached hydrogens (tertiary/aromatic N) is 3. The van der Waals surface area contributed by atoms with E-state index in [0.29, 0.717) is 18.0 Å². The van der Waals surface area contributed by atoms with E-state index in [1.54, 1.807) is 6.20 Å². The van der Waals surface area contributed by atoms with Crippen LogP contribution >= 0.6 is 0 Å². The Kier molecular flexibility index (Phi) is 5.38. The fourth-order valence-electron chi connectivity index (χ4n) is 4.15. The molecule has 0 aromatic carbocycles. The highest BCUT2D eigenvalue weighted by Gasteiger charge is 2.23. The molecule has 1 fully saturated rings. The summed E-state index contributed by atoms with van der Waals surface area (Å²) in [5.74, 6) is 0.758. The van der Waals surface area contributed by atoms with Crippen LogP contribution in [0.25, 0.3) is 21.9 Å². The van der Waals surface area contributed by atoms with Gasteiger partial charge in [-0.2, -0.15) is 4.98 Å². The third-order valence-electron chi connectivity index (χ3n) is 5.71. The number of ether oxygens (including phenoxy) is 1. The molecule has 1 aliphatic carbocycles. The van der Waals surface area contributed by atoms with Gasteiger partial charge in [0, 0.05) is 38.5 Å². The van der Waals surface area contributed by atoms with Crippen molar-refractivity contribution >= 4 is 30.0 Å². The van der Waals surface area contributed by atoms with Gasteiger partial charge >= 0.3 is 0 Å². The van der Waals surface area contributed by atoms with Crippen LogP contribution in [0.15, 0.2) is 23.3 Å². The summed E-state index contributed by atoms with van der Waals surface area (Å²) < 4.78 is 8.31. The van der Waals surface area contributed by atoms with Crippen LogP contribution in [0.5, 0.6) is 0 Å². The molecule has 0 saturated heterocycles. The van der Waals surface area contributed by atoms with Crippen LogP contribution < -0.4 is 5.56 Å². The lowest BCUT2D eigenvalue weighted by atomic mass is 9.94. The van der Waals surface area contributed by atoms with Crippen molar-refractivity contribution < 1.29 is 4.74 Å². The van der Waals surface area contributed by atoms with E-state index in [9.17, 15) is 4.79 Å². The number of pyridine rings is 1. The van der Waals surface area contributed by atoms with Gasteiger partial charge in [0.25, 0.3) is 5.56 Å². The Morgan fingerprint density at radius 1 is 1.21 bits per heavy atom. The van der Waals surface area contributed by atoms with Crippen molar-refractivity contribution in [1.82, 2.24) is 19.5 Å². The smallest absolute Gasteiger partial charge is 0.282 e. The molecule has 1 saturated carbocycles. The van der Waals surface area contributed by atoms with E-state index >= 15 is 0 Å². The second-order valence-electron chi connectivity index (χ2n) is 9.12. The van der Waals surface area contributed by atoms with E-state index in [4.69, 9.17) is 4.74 Å². The lowest BCUT2D eigenvalue weighted by molar-refractivity contribution is 0.121. The Morgan fingerprint density at radius 3 is 2.75 bits per heavy atom. The third kappa shape index (κ3) is 3.91. The fourth-order valence-corrected chi connectivity index (χ4v) is 4.90. The lowest BCUT2D eigenvalue weighted by Gasteiger charge is -2.28. The van der Waals surface area contributed by atoms with Crippen LogP contribution in [0.4, 0.5) is 0 Å². The summed E-state index contributed by atoms with van der Waals surface area (Å²) in [6.07, 6.45) is 9.51. The summed E-state index contributed by atoms with van der Waals surface area (Å²) in [6.45, 7) is 8.15. The molecule has 0 radical (unpaired) electrons. The summed E-state index contributed by atoms with van der Waals surface area (Å²) in [5.41, 5.74) is 1.57. The van der Waals surface area contributed by atoms with Crippen LogP contribution in [-0.4, -0.2) is 34.2 Å². The Morgan fingerprint density at radius 2 is 2.00 bits per heavy atom. The first kappa shape index (κ1) is 19.3. The Hall–Kier alpha value is -1.99. The Balaban J connectivity index is 1.79.